The van der Waals surface area contributed by atoms with Crippen LogP contribution in [0.25, 0.3) is 11.0 Å². The molecule has 0 radical (unpaired) electrons. The fraction of sp³-hybridized carbons (Fsp3) is 0.467. The summed E-state index contributed by atoms with van der Waals surface area (Å²) in [5, 5.41) is 10.3. The Kier molecular flexibility index (Phi) is 4.13. The van der Waals surface area contributed by atoms with Crippen molar-refractivity contribution in [2.45, 2.75) is 31.5 Å². The molecule has 0 aliphatic heterocycles. The van der Waals surface area contributed by atoms with Crippen molar-refractivity contribution in [1.82, 2.24) is 9.55 Å². The van der Waals surface area contributed by atoms with Gasteiger partial charge in [-0.05, 0) is 42.9 Å². The Morgan fingerprint density at radius 1 is 1.57 bits per heavy atom. The van der Waals surface area contributed by atoms with Gasteiger partial charge in [-0.25, -0.2) is 4.98 Å². The summed E-state index contributed by atoms with van der Waals surface area (Å²) in [7, 11) is 0. The zero-order chi connectivity index (χ0) is 15.0. The normalized spacial score (nSPS) is 16.3. The predicted octanol–water partition coefficient (Wildman–Crippen LogP) is 3.91. The Bertz CT molecular complexity index is 682. The number of rotatable bonds is 6. The lowest BCUT2D eigenvalue weighted by Gasteiger charge is -2.14. The molecule has 1 aromatic carbocycles. The molecule has 0 saturated heterocycles. The van der Waals surface area contributed by atoms with Gasteiger partial charge < -0.3 is 9.67 Å². The first-order chi connectivity index (χ1) is 10.0. The quantitative estimate of drug-likeness (QED) is 0.818. The Balaban J connectivity index is 1.95. The van der Waals surface area contributed by atoms with Crippen molar-refractivity contribution in [2.75, 3.05) is 5.75 Å². The van der Waals surface area contributed by atoms with E-state index >= 15 is 0 Å². The predicted molar refractivity (Wildman–Crippen MR) is 85.0 cm³/mol. The topological polar surface area (TPSA) is 55.1 Å². The van der Waals surface area contributed by atoms with Crippen LogP contribution in [0, 0.1) is 11.8 Å². The highest BCUT2D eigenvalue weighted by Crippen LogP contribution is 2.38. The number of nitrogens with zero attached hydrogens (tertiary/aromatic N) is 2. The third-order valence-electron chi connectivity index (χ3n) is 3.90. The summed E-state index contributed by atoms with van der Waals surface area (Å²) in [5.41, 5.74) is 1.86. The third kappa shape index (κ3) is 3.35. The number of aromatic nitrogens is 2. The van der Waals surface area contributed by atoms with Gasteiger partial charge in [0.25, 0.3) is 0 Å². The van der Waals surface area contributed by atoms with Crippen LogP contribution < -0.4 is 0 Å². The molecule has 1 aromatic heterocycles. The highest BCUT2D eigenvalue weighted by molar-refractivity contribution is 7.99. The van der Waals surface area contributed by atoms with E-state index in [1.807, 2.05) is 18.2 Å². The number of carbonyl (C=O) groups is 1. The molecule has 1 atom stereocenters. The first-order valence-corrected chi connectivity index (χ1v) is 8.41. The van der Waals surface area contributed by atoms with Crippen LogP contribution in [0.4, 0.5) is 0 Å². The van der Waals surface area contributed by atoms with E-state index in [-0.39, 0.29) is 5.75 Å². The molecule has 21 heavy (non-hydrogen) atoms. The van der Waals surface area contributed by atoms with Gasteiger partial charge in [0.1, 0.15) is 0 Å². The molecule has 0 bridgehead atoms. The molecule has 0 amide bonds. The fourth-order valence-electron chi connectivity index (χ4n) is 2.60. The van der Waals surface area contributed by atoms with E-state index in [2.05, 4.69) is 16.5 Å². The first kappa shape index (κ1) is 14.7. The summed E-state index contributed by atoms with van der Waals surface area (Å²) in [6, 6.07) is 5.66. The molecule has 1 heterocycles. The molecule has 1 unspecified atom stereocenters. The van der Waals surface area contributed by atoms with Crippen molar-refractivity contribution in [3.05, 3.63) is 23.2 Å². The van der Waals surface area contributed by atoms with Gasteiger partial charge in [-0.2, -0.15) is 0 Å². The number of fused-ring (bicyclic) bond motifs is 1. The van der Waals surface area contributed by atoms with Gasteiger partial charge in [-0.15, -0.1) is 0 Å². The summed E-state index contributed by atoms with van der Waals surface area (Å²) in [5.74, 6) is 0.579. The molecule has 4 nitrogen and oxygen atoms in total. The minimum absolute atomic E-state index is 0.0227. The number of thioether (sulfide) groups is 1. The van der Waals surface area contributed by atoms with Gasteiger partial charge in [-0.1, -0.05) is 30.3 Å². The lowest BCUT2D eigenvalue weighted by atomic mass is 10.1. The molecular weight excluding hydrogens is 308 g/mol. The molecule has 1 saturated carbocycles. The summed E-state index contributed by atoms with van der Waals surface area (Å²) < 4.78 is 2.14. The van der Waals surface area contributed by atoms with Crippen molar-refractivity contribution in [1.29, 1.82) is 0 Å². The Morgan fingerprint density at radius 3 is 3.00 bits per heavy atom. The molecule has 1 fully saturated rings. The largest absolute Gasteiger partial charge is 0.481 e. The average molecular weight is 325 g/mol. The van der Waals surface area contributed by atoms with Crippen LogP contribution in [0.2, 0.25) is 5.02 Å². The van der Waals surface area contributed by atoms with Crippen molar-refractivity contribution in [3.63, 3.8) is 0 Å². The number of hydrogen-bond donors (Lipinski definition) is 1. The second-order valence-corrected chi connectivity index (χ2v) is 7.01. The van der Waals surface area contributed by atoms with Gasteiger partial charge in [0.2, 0.25) is 0 Å². The molecular formula is C15H17ClN2O2S. The van der Waals surface area contributed by atoms with E-state index in [4.69, 9.17) is 16.7 Å². The molecule has 0 spiro atoms. The van der Waals surface area contributed by atoms with Gasteiger partial charge in [0, 0.05) is 11.6 Å². The number of benzene rings is 1. The molecule has 6 heteroatoms. The Hall–Kier alpha value is -1.20. The molecule has 2 aromatic rings. The zero-order valence-electron chi connectivity index (χ0n) is 11.8. The van der Waals surface area contributed by atoms with E-state index in [0.29, 0.717) is 10.9 Å². The smallest absolute Gasteiger partial charge is 0.313 e. The van der Waals surface area contributed by atoms with Crippen LogP contribution in [0.3, 0.4) is 0 Å². The second kappa shape index (κ2) is 5.89. The molecule has 3 rings (SSSR count). The monoisotopic (exact) mass is 324 g/mol. The maximum absolute atomic E-state index is 10.8. The van der Waals surface area contributed by atoms with E-state index < -0.39 is 5.97 Å². The van der Waals surface area contributed by atoms with Gasteiger partial charge in [-0.3, -0.25) is 4.79 Å². The van der Waals surface area contributed by atoms with Gasteiger partial charge >= 0.3 is 5.97 Å². The maximum Gasteiger partial charge on any atom is 0.313 e. The van der Waals surface area contributed by atoms with Crippen LogP contribution in [-0.4, -0.2) is 26.4 Å². The lowest BCUT2D eigenvalue weighted by molar-refractivity contribution is -0.133. The minimum Gasteiger partial charge on any atom is -0.481 e. The Labute approximate surface area is 132 Å². The number of carboxylic acids is 1. The number of aliphatic carboxylic acids is 1. The van der Waals surface area contributed by atoms with Crippen molar-refractivity contribution in [3.8, 4) is 0 Å². The first-order valence-electron chi connectivity index (χ1n) is 7.05. The van der Waals surface area contributed by atoms with E-state index in [9.17, 15) is 4.79 Å². The van der Waals surface area contributed by atoms with Crippen LogP contribution in [0.1, 0.15) is 19.8 Å². The average Bonchev–Trinajstić information content (AvgIpc) is 3.21. The molecule has 1 aliphatic carbocycles. The van der Waals surface area contributed by atoms with Crippen LogP contribution >= 0.6 is 23.4 Å². The summed E-state index contributed by atoms with van der Waals surface area (Å²) in [6.45, 7) is 3.13. The second-order valence-electron chi connectivity index (χ2n) is 5.64. The van der Waals surface area contributed by atoms with Gasteiger partial charge in [0.15, 0.2) is 5.16 Å². The van der Waals surface area contributed by atoms with E-state index in [0.717, 1.165) is 28.7 Å². The fourth-order valence-corrected chi connectivity index (χ4v) is 3.51. The van der Waals surface area contributed by atoms with Crippen LogP contribution in [0.5, 0.6) is 0 Å². The lowest BCUT2D eigenvalue weighted by Crippen LogP contribution is -2.11. The van der Waals surface area contributed by atoms with Crippen LogP contribution in [-0.2, 0) is 11.3 Å². The number of imidazole rings is 1. The zero-order valence-corrected chi connectivity index (χ0v) is 13.3. The third-order valence-corrected chi connectivity index (χ3v) is 5.09. The van der Waals surface area contributed by atoms with E-state index in [1.165, 1.54) is 24.6 Å². The van der Waals surface area contributed by atoms with Crippen molar-refractivity contribution in [2.24, 2.45) is 11.8 Å². The minimum atomic E-state index is -0.827. The summed E-state index contributed by atoms with van der Waals surface area (Å²) in [6.07, 6.45) is 2.61. The molecule has 1 N–H and O–H groups in total. The highest BCUT2D eigenvalue weighted by Gasteiger charge is 2.29. The standard InChI is InChI=1S/C15H17ClN2O2S/c1-9(10-2-3-10)7-18-13-5-4-11(16)6-12(13)17-15(18)21-8-14(19)20/h4-6,9-10H,2-3,7-8H2,1H3,(H,19,20). The van der Waals surface area contributed by atoms with Gasteiger partial charge in [0.05, 0.1) is 16.8 Å². The van der Waals surface area contributed by atoms with Crippen molar-refractivity contribution >= 4 is 40.4 Å². The number of halogens is 1. The van der Waals surface area contributed by atoms with Crippen molar-refractivity contribution < 1.29 is 9.90 Å². The highest BCUT2D eigenvalue weighted by atomic mass is 35.5. The molecule has 112 valence electrons. The Morgan fingerprint density at radius 2 is 2.33 bits per heavy atom. The van der Waals surface area contributed by atoms with E-state index in [1.54, 1.807) is 0 Å². The van der Waals surface area contributed by atoms with Crippen LogP contribution in [0.15, 0.2) is 23.4 Å². The SMILES string of the molecule is CC(Cn1c(SCC(=O)O)nc2cc(Cl)ccc21)C1CC1. The summed E-state index contributed by atoms with van der Waals surface area (Å²) >= 11 is 7.29. The number of hydrogen-bond acceptors (Lipinski definition) is 3. The summed E-state index contributed by atoms with van der Waals surface area (Å²) in [4.78, 5) is 15.4. The number of carboxylic acid groups (broad SMARTS) is 1. The maximum atomic E-state index is 10.8. The molecule has 1 aliphatic rings.